The average molecular weight is 275 g/mol. The fraction of sp³-hybridized carbons (Fsp3) is 0.647. The first-order chi connectivity index (χ1) is 9.56. The SMILES string of the molecule is CC(C)CN(CCN(C)C)CC1CNc2ccccc21. The van der Waals surface area contributed by atoms with E-state index in [9.17, 15) is 0 Å². The lowest BCUT2D eigenvalue weighted by atomic mass is 10.0. The van der Waals surface area contributed by atoms with Crippen molar-refractivity contribution < 1.29 is 0 Å². The van der Waals surface area contributed by atoms with Crippen molar-refractivity contribution in [2.24, 2.45) is 5.92 Å². The van der Waals surface area contributed by atoms with E-state index >= 15 is 0 Å². The second-order valence-electron chi connectivity index (χ2n) is 6.62. The van der Waals surface area contributed by atoms with Gasteiger partial charge in [-0.3, -0.25) is 0 Å². The minimum Gasteiger partial charge on any atom is -0.384 e. The Labute approximate surface area is 124 Å². The third kappa shape index (κ3) is 4.22. The van der Waals surface area contributed by atoms with Crippen LogP contribution in [0.5, 0.6) is 0 Å². The first-order valence-electron chi connectivity index (χ1n) is 7.76. The van der Waals surface area contributed by atoms with Gasteiger partial charge in [-0.05, 0) is 31.6 Å². The maximum absolute atomic E-state index is 3.54. The number of likely N-dealkylation sites (N-methyl/N-ethyl adjacent to an activating group) is 1. The lowest BCUT2D eigenvalue weighted by Crippen LogP contribution is -2.37. The average Bonchev–Trinajstić information content (AvgIpc) is 2.79. The normalized spacial score (nSPS) is 17.9. The van der Waals surface area contributed by atoms with E-state index in [1.54, 1.807) is 0 Å². The molecule has 0 spiro atoms. The summed E-state index contributed by atoms with van der Waals surface area (Å²) in [5, 5.41) is 3.54. The van der Waals surface area contributed by atoms with Gasteiger partial charge in [-0.1, -0.05) is 32.0 Å². The predicted octanol–water partition coefficient (Wildman–Crippen LogP) is 2.72. The molecule has 1 aliphatic rings. The number of hydrogen-bond acceptors (Lipinski definition) is 3. The number of hydrogen-bond donors (Lipinski definition) is 1. The molecule has 1 atom stereocenters. The standard InChI is InChI=1S/C17H29N3/c1-14(2)12-20(10-9-19(3)4)13-15-11-18-17-8-6-5-7-16(15)17/h5-8,14-15,18H,9-13H2,1-4H3. The van der Waals surface area contributed by atoms with Crippen LogP contribution >= 0.6 is 0 Å². The zero-order valence-corrected chi connectivity index (χ0v) is 13.4. The highest BCUT2D eigenvalue weighted by atomic mass is 15.2. The monoisotopic (exact) mass is 275 g/mol. The molecule has 0 fully saturated rings. The van der Waals surface area contributed by atoms with Crippen molar-refractivity contribution in [1.82, 2.24) is 9.80 Å². The molecule has 1 heterocycles. The van der Waals surface area contributed by atoms with Crippen LogP contribution in [0.1, 0.15) is 25.3 Å². The Hall–Kier alpha value is -1.06. The van der Waals surface area contributed by atoms with Gasteiger partial charge in [0.2, 0.25) is 0 Å². The molecule has 0 aliphatic carbocycles. The van der Waals surface area contributed by atoms with Gasteiger partial charge in [0.05, 0.1) is 0 Å². The molecule has 0 radical (unpaired) electrons. The Balaban J connectivity index is 1.97. The molecular weight excluding hydrogens is 246 g/mol. The molecule has 0 saturated heterocycles. The summed E-state index contributed by atoms with van der Waals surface area (Å²) in [5.41, 5.74) is 2.82. The van der Waals surface area contributed by atoms with Crippen molar-refractivity contribution in [1.29, 1.82) is 0 Å². The Bertz CT molecular complexity index is 414. The summed E-state index contributed by atoms with van der Waals surface area (Å²) in [6, 6.07) is 8.75. The maximum Gasteiger partial charge on any atom is 0.0376 e. The molecule has 1 aromatic carbocycles. The summed E-state index contributed by atoms with van der Waals surface area (Å²) in [6.07, 6.45) is 0. The lowest BCUT2D eigenvalue weighted by Gasteiger charge is -2.28. The molecule has 2 rings (SSSR count). The van der Waals surface area contributed by atoms with Crippen molar-refractivity contribution in [3.8, 4) is 0 Å². The van der Waals surface area contributed by atoms with E-state index in [1.165, 1.54) is 17.8 Å². The van der Waals surface area contributed by atoms with E-state index in [2.05, 4.69) is 67.3 Å². The van der Waals surface area contributed by atoms with E-state index in [4.69, 9.17) is 0 Å². The van der Waals surface area contributed by atoms with Gasteiger partial charge in [0, 0.05) is 44.3 Å². The molecule has 0 amide bonds. The zero-order chi connectivity index (χ0) is 14.5. The van der Waals surface area contributed by atoms with Gasteiger partial charge in [0.15, 0.2) is 0 Å². The summed E-state index contributed by atoms with van der Waals surface area (Å²) < 4.78 is 0. The van der Waals surface area contributed by atoms with E-state index in [1.807, 2.05) is 0 Å². The molecule has 1 unspecified atom stereocenters. The molecule has 1 N–H and O–H groups in total. The molecule has 3 heteroatoms. The van der Waals surface area contributed by atoms with Crippen molar-refractivity contribution in [3.05, 3.63) is 29.8 Å². The first kappa shape index (κ1) is 15.3. The van der Waals surface area contributed by atoms with Crippen LogP contribution in [0.15, 0.2) is 24.3 Å². The van der Waals surface area contributed by atoms with Crippen LogP contribution in [0.2, 0.25) is 0 Å². The van der Waals surface area contributed by atoms with Crippen LogP contribution in [-0.2, 0) is 0 Å². The van der Waals surface area contributed by atoms with Gasteiger partial charge in [-0.15, -0.1) is 0 Å². The van der Waals surface area contributed by atoms with Gasteiger partial charge in [-0.25, -0.2) is 0 Å². The molecule has 0 bridgehead atoms. The summed E-state index contributed by atoms with van der Waals surface area (Å²) in [5.74, 6) is 1.36. The Morgan fingerprint density at radius 2 is 1.95 bits per heavy atom. The van der Waals surface area contributed by atoms with Crippen molar-refractivity contribution in [2.75, 3.05) is 52.1 Å². The van der Waals surface area contributed by atoms with Gasteiger partial charge < -0.3 is 15.1 Å². The second kappa shape index (κ2) is 7.09. The fourth-order valence-electron chi connectivity index (χ4n) is 2.95. The minimum atomic E-state index is 0.632. The maximum atomic E-state index is 3.54. The molecule has 3 nitrogen and oxygen atoms in total. The highest BCUT2D eigenvalue weighted by Gasteiger charge is 2.24. The van der Waals surface area contributed by atoms with E-state index in [-0.39, 0.29) is 0 Å². The molecule has 0 saturated carbocycles. The molecule has 1 aromatic rings. The van der Waals surface area contributed by atoms with Gasteiger partial charge in [0.1, 0.15) is 0 Å². The predicted molar refractivity (Wildman–Crippen MR) is 87.5 cm³/mol. The van der Waals surface area contributed by atoms with E-state index < -0.39 is 0 Å². The van der Waals surface area contributed by atoms with Crippen molar-refractivity contribution in [2.45, 2.75) is 19.8 Å². The van der Waals surface area contributed by atoms with Gasteiger partial charge in [-0.2, -0.15) is 0 Å². The third-order valence-electron chi connectivity index (χ3n) is 3.90. The summed E-state index contributed by atoms with van der Waals surface area (Å²) >= 11 is 0. The van der Waals surface area contributed by atoms with E-state index in [0.717, 1.165) is 32.1 Å². The molecule has 20 heavy (non-hydrogen) atoms. The zero-order valence-electron chi connectivity index (χ0n) is 13.4. The Morgan fingerprint density at radius 1 is 1.20 bits per heavy atom. The summed E-state index contributed by atoms with van der Waals surface area (Å²) in [6.45, 7) is 10.3. The smallest absolute Gasteiger partial charge is 0.0376 e. The number of rotatable bonds is 7. The third-order valence-corrected chi connectivity index (χ3v) is 3.90. The number of benzene rings is 1. The van der Waals surface area contributed by atoms with Crippen molar-refractivity contribution in [3.63, 3.8) is 0 Å². The summed E-state index contributed by atoms with van der Waals surface area (Å²) in [4.78, 5) is 4.90. The number of para-hydroxylation sites is 1. The Kier molecular flexibility index (Phi) is 5.44. The van der Waals surface area contributed by atoms with Crippen LogP contribution < -0.4 is 5.32 Å². The highest BCUT2D eigenvalue weighted by molar-refractivity contribution is 5.57. The van der Waals surface area contributed by atoms with Crippen LogP contribution in [0.25, 0.3) is 0 Å². The number of nitrogens with zero attached hydrogens (tertiary/aromatic N) is 2. The van der Waals surface area contributed by atoms with E-state index in [0.29, 0.717) is 5.92 Å². The van der Waals surface area contributed by atoms with Gasteiger partial charge in [0.25, 0.3) is 0 Å². The summed E-state index contributed by atoms with van der Waals surface area (Å²) in [7, 11) is 4.31. The minimum absolute atomic E-state index is 0.632. The van der Waals surface area contributed by atoms with Crippen LogP contribution in [-0.4, -0.2) is 56.6 Å². The van der Waals surface area contributed by atoms with Gasteiger partial charge >= 0.3 is 0 Å². The lowest BCUT2D eigenvalue weighted by molar-refractivity contribution is 0.210. The molecule has 0 aromatic heterocycles. The number of fused-ring (bicyclic) bond motifs is 1. The second-order valence-corrected chi connectivity index (χ2v) is 6.62. The largest absolute Gasteiger partial charge is 0.384 e. The fourth-order valence-corrected chi connectivity index (χ4v) is 2.95. The Morgan fingerprint density at radius 3 is 2.65 bits per heavy atom. The first-order valence-corrected chi connectivity index (χ1v) is 7.76. The molecule has 1 aliphatic heterocycles. The quantitative estimate of drug-likeness (QED) is 0.825. The van der Waals surface area contributed by atoms with Crippen LogP contribution in [0.4, 0.5) is 5.69 Å². The molecule has 112 valence electrons. The van der Waals surface area contributed by atoms with Crippen LogP contribution in [0, 0.1) is 5.92 Å². The van der Waals surface area contributed by atoms with Crippen LogP contribution in [0.3, 0.4) is 0 Å². The number of anilines is 1. The number of nitrogens with one attached hydrogen (secondary N) is 1. The molecular formula is C17H29N3. The highest BCUT2D eigenvalue weighted by Crippen LogP contribution is 2.31. The topological polar surface area (TPSA) is 18.5 Å². The van der Waals surface area contributed by atoms with Crippen molar-refractivity contribution >= 4 is 5.69 Å².